The molecule has 4 nitrogen and oxygen atoms in total. The van der Waals surface area contributed by atoms with Crippen LogP contribution >= 0.6 is 0 Å². The molecule has 2 heterocycles. The van der Waals surface area contributed by atoms with Crippen molar-refractivity contribution in [3.8, 4) is 0 Å². The van der Waals surface area contributed by atoms with Crippen molar-refractivity contribution in [2.75, 3.05) is 20.1 Å². The van der Waals surface area contributed by atoms with Gasteiger partial charge in [0.2, 0.25) is 0 Å². The van der Waals surface area contributed by atoms with E-state index >= 15 is 0 Å². The first kappa shape index (κ1) is 10.3. The Labute approximate surface area is 96.4 Å². The Balaban J connectivity index is 1.99. The van der Waals surface area contributed by atoms with Crippen molar-refractivity contribution in [1.82, 2.24) is 14.5 Å². The smallest absolute Gasteiger partial charge is 0.110 e. The second-order valence-electron chi connectivity index (χ2n) is 5.05. The van der Waals surface area contributed by atoms with Gasteiger partial charge in [-0.25, -0.2) is 4.98 Å². The second-order valence-corrected chi connectivity index (χ2v) is 5.05. The summed E-state index contributed by atoms with van der Waals surface area (Å²) in [6.45, 7) is 2.87. The molecule has 2 aliphatic rings. The maximum atomic E-state index is 5.67. The molecule has 1 fully saturated rings. The molecule has 0 amide bonds. The minimum absolute atomic E-state index is 0.707. The van der Waals surface area contributed by atoms with Gasteiger partial charge < -0.3 is 15.2 Å². The zero-order valence-corrected chi connectivity index (χ0v) is 9.95. The number of nitrogens with two attached hydrogens (primary N) is 1. The number of nitrogens with zero attached hydrogens (tertiary/aromatic N) is 3. The fraction of sp³-hybridized carbons (Fsp3) is 0.750. The number of aromatic nitrogens is 2. The normalized spacial score (nSPS) is 21.1. The quantitative estimate of drug-likeness (QED) is 0.816. The van der Waals surface area contributed by atoms with Crippen molar-refractivity contribution in [2.24, 2.45) is 5.73 Å². The van der Waals surface area contributed by atoms with Gasteiger partial charge >= 0.3 is 0 Å². The summed E-state index contributed by atoms with van der Waals surface area (Å²) in [6, 6.07) is 0.737. The van der Waals surface area contributed by atoms with Gasteiger partial charge in [0.1, 0.15) is 5.82 Å². The minimum atomic E-state index is 0.707. The van der Waals surface area contributed by atoms with Gasteiger partial charge in [0.15, 0.2) is 0 Å². The third kappa shape index (κ3) is 1.66. The van der Waals surface area contributed by atoms with Crippen LogP contribution in [0.2, 0.25) is 0 Å². The van der Waals surface area contributed by atoms with E-state index < -0.39 is 0 Å². The fourth-order valence-electron chi connectivity index (χ4n) is 2.66. The molecule has 0 bridgehead atoms. The van der Waals surface area contributed by atoms with Crippen molar-refractivity contribution in [1.29, 1.82) is 0 Å². The predicted octanol–water partition coefficient (Wildman–Crippen LogP) is 0.707. The fourth-order valence-corrected chi connectivity index (χ4v) is 2.66. The molecule has 1 saturated carbocycles. The topological polar surface area (TPSA) is 47.1 Å². The van der Waals surface area contributed by atoms with Crippen LogP contribution in [0.15, 0.2) is 0 Å². The summed E-state index contributed by atoms with van der Waals surface area (Å²) in [4.78, 5) is 7.14. The highest BCUT2D eigenvalue weighted by Crippen LogP contribution is 2.38. The molecule has 0 atom stereocenters. The molecular formula is C12H20N4. The Morgan fingerprint density at radius 3 is 2.94 bits per heavy atom. The van der Waals surface area contributed by atoms with Crippen LogP contribution in [-0.2, 0) is 19.4 Å². The molecular weight excluding hydrogens is 200 g/mol. The summed E-state index contributed by atoms with van der Waals surface area (Å²) in [5.41, 5.74) is 8.46. The summed E-state index contributed by atoms with van der Waals surface area (Å²) in [5, 5.41) is 0. The van der Waals surface area contributed by atoms with E-state index in [2.05, 4.69) is 16.5 Å². The van der Waals surface area contributed by atoms with Crippen LogP contribution in [0.5, 0.6) is 0 Å². The lowest BCUT2D eigenvalue weighted by Crippen LogP contribution is -2.27. The number of hydrogen-bond acceptors (Lipinski definition) is 3. The van der Waals surface area contributed by atoms with Gasteiger partial charge in [-0.2, -0.15) is 0 Å². The summed E-state index contributed by atoms with van der Waals surface area (Å²) in [5.74, 6) is 1.23. The molecule has 1 aromatic rings. The summed E-state index contributed by atoms with van der Waals surface area (Å²) in [6.07, 6.45) is 4.74. The van der Waals surface area contributed by atoms with E-state index in [1.807, 2.05) is 0 Å². The van der Waals surface area contributed by atoms with Crippen LogP contribution in [0.1, 0.15) is 36.1 Å². The molecule has 0 radical (unpaired) electrons. The average Bonchev–Trinajstić information content (AvgIpc) is 3.02. The Kier molecular flexibility index (Phi) is 2.48. The van der Waals surface area contributed by atoms with E-state index in [4.69, 9.17) is 10.7 Å². The van der Waals surface area contributed by atoms with Crippen molar-refractivity contribution < 1.29 is 0 Å². The molecule has 1 aromatic heterocycles. The number of rotatable bonds is 3. The number of fused-ring (bicyclic) bond motifs is 1. The zero-order chi connectivity index (χ0) is 11.1. The standard InChI is InChI=1S/C12H20N4/c1-15-7-5-11-10(8-15)14-12(4-6-13)16(11)9-2-3-9/h9H,2-8,13H2,1H3. The highest BCUT2D eigenvalue weighted by molar-refractivity contribution is 5.22. The SMILES string of the molecule is CN1CCc2c(nc(CCN)n2C2CC2)C1. The maximum Gasteiger partial charge on any atom is 0.110 e. The van der Waals surface area contributed by atoms with E-state index in [-0.39, 0.29) is 0 Å². The summed E-state index contributed by atoms with van der Waals surface area (Å²) >= 11 is 0. The van der Waals surface area contributed by atoms with Crippen LogP contribution in [0.4, 0.5) is 0 Å². The third-order valence-electron chi connectivity index (χ3n) is 3.60. The zero-order valence-electron chi connectivity index (χ0n) is 9.95. The van der Waals surface area contributed by atoms with Crippen LogP contribution in [0.3, 0.4) is 0 Å². The Bertz CT molecular complexity index is 392. The van der Waals surface area contributed by atoms with Crippen LogP contribution in [0.25, 0.3) is 0 Å². The molecule has 1 aliphatic heterocycles. The first-order valence-electron chi connectivity index (χ1n) is 6.27. The lowest BCUT2D eigenvalue weighted by atomic mass is 10.1. The Morgan fingerprint density at radius 2 is 2.25 bits per heavy atom. The lowest BCUT2D eigenvalue weighted by Gasteiger charge is -2.22. The second kappa shape index (κ2) is 3.86. The monoisotopic (exact) mass is 220 g/mol. The summed E-state index contributed by atoms with van der Waals surface area (Å²) < 4.78 is 2.50. The molecule has 0 spiro atoms. The third-order valence-corrected chi connectivity index (χ3v) is 3.60. The van der Waals surface area contributed by atoms with Crippen LogP contribution in [0, 0.1) is 0 Å². The Hall–Kier alpha value is -0.870. The van der Waals surface area contributed by atoms with Gasteiger partial charge in [0.25, 0.3) is 0 Å². The van der Waals surface area contributed by atoms with Gasteiger partial charge in [0.05, 0.1) is 5.69 Å². The van der Waals surface area contributed by atoms with Gasteiger partial charge in [0, 0.05) is 37.7 Å². The van der Waals surface area contributed by atoms with Crippen LogP contribution < -0.4 is 5.73 Å². The number of hydrogen-bond donors (Lipinski definition) is 1. The van der Waals surface area contributed by atoms with E-state index in [9.17, 15) is 0 Å². The van der Waals surface area contributed by atoms with Crippen molar-refractivity contribution in [2.45, 2.75) is 38.3 Å². The average molecular weight is 220 g/mol. The molecule has 0 aromatic carbocycles. The first-order chi connectivity index (χ1) is 7.79. The van der Waals surface area contributed by atoms with Gasteiger partial charge in [-0.1, -0.05) is 0 Å². The van der Waals surface area contributed by atoms with E-state index in [0.717, 1.165) is 32.0 Å². The first-order valence-corrected chi connectivity index (χ1v) is 6.27. The Morgan fingerprint density at radius 1 is 1.44 bits per heavy atom. The van der Waals surface area contributed by atoms with Gasteiger partial charge in [-0.05, 0) is 26.4 Å². The van der Waals surface area contributed by atoms with Gasteiger partial charge in [-0.3, -0.25) is 0 Å². The largest absolute Gasteiger partial charge is 0.330 e. The number of likely N-dealkylation sites (N-methyl/N-ethyl adjacent to an activating group) is 1. The van der Waals surface area contributed by atoms with Gasteiger partial charge in [-0.15, -0.1) is 0 Å². The van der Waals surface area contributed by atoms with Crippen molar-refractivity contribution in [3.63, 3.8) is 0 Å². The molecule has 88 valence electrons. The van der Waals surface area contributed by atoms with Crippen molar-refractivity contribution >= 4 is 0 Å². The molecule has 4 heteroatoms. The minimum Gasteiger partial charge on any atom is -0.330 e. The highest BCUT2D eigenvalue weighted by atomic mass is 15.2. The molecule has 0 saturated heterocycles. The highest BCUT2D eigenvalue weighted by Gasteiger charge is 2.31. The molecule has 3 rings (SSSR count). The predicted molar refractivity (Wildman–Crippen MR) is 63.3 cm³/mol. The molecule has 0 unspecified atom stereocenters. The van der Waals surface area contributed by atoms with Crippen LogP contribution in [-0.4, -0.2) is 34.6 Å². The maximum absolute atomic E-state index is 5.67. The molecule has 16 heavy (non-hydrogen) atoms. The van der Waals surface area contributed by atoms with Crippen molar-refractivity contribution in [3.05, 3.63) is 17.2 Å². The van der Waals surface area contributed by atoms with E-state index in [1.54, 1.807) is 0 Å². The van der Waals surface area contributed by atoms with E-state index in [0.29, 0.717) is 6.54 Å². The molecule has 1 aliphatic carbocycles. The number of imidazole rings is 1. The van der Waals surface area contributed by atoms with E-state index in [1.165, 1.54) is 30.1 Å². The lowest BCUT2D eigenvalue weighted by molar-refractivity contribution is 0.304. The summed E-state index contributed by atoms with van der Waals surface area (Å²) in [7, 11) is 2.17. The molecule has 2 N–H and O–H groups in total.